The second-order valence-electron chi connectivity index (χ2n) is 10.0. The van der Waals surface area contributed by atoms with Crippen molar-refractivity contribution in [1.82, 2.24) is 21.3 Å². The molecular formula is C26H48N4O6. The fourth-order valence-corrected chi connectivity index (χ4v) is 4.28. The average molecular weight is 513 g/mol. The molecule has 1 saturated carbocycles. The third-order valence-electron chi connectivity index (χ3n) is 7.11. The zero-order valence-electron chi connectivity index (χ0n) is 23.0. The lowest BCUT2D eigenvalue weighted by Gasteiger charge is -2.29. The van der Waals surface area contributed by atoms with Gasteiger partial charge in [0.2, 0.25) is 11.8 Å². The Morgan fingerprint density at radius 3 is 1.72 bits per heavy atom. The predicted octanol–water partition coefficient (Wildman–Crippen LogP) is 1.66. The SMILES string of the molecule is CCC(C)NC(CC(=O)OC)C(=O)NCC1CCC(CNC(=O)CC(NC(C)CC)C(=O)OC)CC1. The van der Waals surface area contributed by atoms with Crippen LogP contribution < -0.4 is 21.3 Å². The molecule has 10 nitrogen and oxygen atoms in total. The van der Waals surface area contributed by atoms with Gasteiger partial charge >= 0.3 is 11.9 Å². The van der Waals surface area contributed by atoms with E-state index in [1.54, 1.807) is 0 Å². The molecule has 1 rings (SSSR count). The molecule has 0 spiro atoms. The van der Waals surface area contributed by atoms with Gasteiger partial charge in [-0.2, -0.15) is 0 Å². The van der Waals surface area contributed by atoms with Crippen molar-refractivity contribution < 1.29 is 28.7 Å². The second-order valence-corrected chi connectivity index (χ2v) is 10.0. The number of amides is 2. The number of nitrogens with one attached hydrogen (secondary N) is 4. The van der Waals surface area contributed by atoms with E-state index < -0.39 is 24.0 Å². The smallest absolute Gasteiger partial charge is 0.323 e. The number of methoxy groups -OCH3 is 2. The number of hydrogen-bond donors (Lipinski definition) is 4. The van der Waals surface area contributed by atoms with Crippen LogP contribution in [0.3, 0.4) is 0 Å². The van der Waals surface area contributed by atoms with Gasteiger partial charge in [-0.1, -0.05) is 13.8 Å². The number of carbonyl (C=O) groups is 4. The fraction of sp³-hybridized carbons (Fsp3) is 0.846. The summed E-state index contributed by atoms with van der Waals surface area (Å²) in [4.78, 5) is 48.9. The third kappa shape index (κ3) is 12.2. The highest BCUT2D eigenvalue weighted by Crippen LogP contribution is 2.28. The average Bonchev–Trinajstić information content (AvgIpc) is 2.89. The van der Waals surface area contributed by atoms with Crippen LogP contribution in [-0.4, -0.2) is 75.2 Å². The summed E-state index contributed by atoms with van der Waals surface area (Å²) in [6, 6.07) is -1.03. The summed E-state index contributed by atoms with van der Waals surface area (Å²) in [6.45, 7) is 9.13. The van der Waals surface area contributed by atoms with E-state index in [0.717, 1.165) is 38.5 Å². The van der Waals surface area contributed by atoms with Crippen molar-refractivity contribution in [2.75, 3.05) is 27.3 Å². The normalized spacial score (nSPS) is 20.9. The van der Waals surface area contributed by atoms with E-state index in [4.69, 9.17) is 9.47 Å². The first kappa shape index (κ1) is 31.8. The van der Waals surface area contributed by atoms with Gasteiger partial charge in [-0.05, 0) is 64.2 Å². The minimum absolute atomic E-state index is 0.00280. The summed E-state index contributed by atoms with van der Waals surface area (Å²) < 4.78 is 9.57. The van der Waals surface area contributed by atoms with Crippen molar-refractivity contribution in [2.45, 2.75) is 103 Å². The van der Waals surface area contributed by atoms with Gasteiger partial charge in [-0.3, -0.25) is 19.2 Å². The maximum Gasteiger partial charge on any atom is 0.323 e. The minimum Gasteiger partial charge on any atom is -0.469 e. The Bertz CT molecular complexity index is 696. The van der Waals surface area contributed by atoms with Gasteiger partial charge in [0, 0.05) is 25.2 Å². The molecule has 0 heterocycles. The largest absolute Gasteiger partial charge is 0.469 e. The number of esters is 2. The quantitative estimate of drug-likeness (QED) is 0.229. The highest BCUT2D eigenvalue weighted by Gasteiger charge is 2.27. The number of carbonyl (C=O) groups excluding carboxylic acids is 4. The molecule has 36 heavy (non-hydrogen) atoms. The summed E-state index contributed by atoms with van der Waals surface area (Å²) in [6.07, 6.45) is 5.59. The molecule has 10 heteroatoms. The molecule has 2 amide bonds. The molecule has 0 radical (unpaired) electrons. The predicted molar refractivity (Wildman–Crippen MR) is 138 cm³/mol. The summed E-state index contributed by atoms with van der Waals surface area (Å²) in [5.41, 5.74) is 0. The van der Waals surface area contributed by atoms with E-state index in [1.165, 1.54) is 14.2 Å². The van der Waals surface area contributed by atoms with Crippen molar-refractivity contribution in [2.24, 2.45) is 11.8 Å². The van der Waals surface area contributed by atoms with Crippen molar-refractivity contribution >= 4 is 23.8 Å². The van der Waals surface area contributed by atoms with Crippen LogP contribution in [0.25, 0.3) is 0 Å². The summed E-state index contributed by atoms with van der Waals surface area (Å²) in [5, 5.41) is 12.3. The lowest BCUT2D eigenvalue weighted by atomic mass is 9.82. The van der Waals surface area contributed by atoms with Crippen LogP contribution in [0.1, 0.15) is 79.1 Å². The van der Waals surface area contributed by atoms with Gasteiger partial charge in [0.15, 0.2) is 0 Å². The molecular weight excluding hydrogens is 464 g/mol. The molecule has 0 aromatic carbocycles. The van der Waals surface area contributed by atoms with E-state index in [-0.39, 0.29) is 36.7 Å². The first-order chi connectivity index (χ1) is 17.1. The van der Waals surface area contributed by atoms with Gasteiger partial charge in [-0.15, -0.1) is 0 Å². The van der Waals surface area contributed by atoms with Crippen LogP contribution >= 0.6 is 0 Å². The number of rotatable bonds is 16. The van der Waals surface area contributed by atoms with E-state index in [9.17, 15) is 19.2 Å². The van der Waals surface area contributed by atoms with Crippen LogP contribution in [0.15, 0.2) is 0 Å². The lowest BCUT2D eigenvalue weighted by Crippen LogP contribution is -2.49. The molecule has 0 aromatic heterocycles. The molecule has 1 aliphatic carbocycles. The van der Waals surface area contributed by atoms with Crippen LogP contribution in [0.4, 0.5) is 0 Å². The van der Waals surface area contributed by atoms with Gasteiger partial charge < -0.3 is 30.7 Å². The number of hydrogen-bond acceptors (Lipinski definition) is 8. The maximum atomic E-state index is 12.7. The summed E-state index contributed by atoms with van der Waals surface area (Å²) in [5.74, 6) is -0.448. The van der Waals surface area contributed by atoms with Crippen molar-refractivity contribution in [3.05, 3.63) is 0 Å². The Morgan fingerprint density at radius 1 is 0.750 bits per heavy atom. The molecule has 0 aliphatic heterocycles. The highest BCUT2D eigenvalue weighted by molar-refractivity contribution is 5.86. The maximum absolute atomic E-state index is 12.7. The van der Waals surface area contributed by atoms with Gasteiger partial charge in [0.05, 0.1) is 33.1 Å². The molecule has 1 fully saturated rings. The summed E-state index contributed by atoms with van der Waals surface area (Å²) in [7, 11) is 2.65. The molecule has 4 unspecified atom stereocenters. The van der Waals surface area contributed by atoms with Crippen LogP contribution in [0, 0.1) is 11.8 Å². The Hall–Kier alpha value is -2.20. The van der Waals surface area contributed by atoms with Crippen molar-refractivity contribution in [3.8, 4) is 0 Å². The molecule has 0 aromatic rings. The van der Waals surface area contributed by atoms with Crippen molar-refractivity contribution in [1.29, 1.82) is 0 Å². The molecule has 208 valence electrons. The molecule has 4 N–H and O–H groups in total. The molecule has 4 atom stereocenters. The van der Waals surface area contributed by atoms with Gasteiger partial charge in [-0.25, -0.2) is 0 Å². The van der Waals surface area contributed by atoms with E-state index in [2.05, 4.69) is 21.3 Å². The highest BCUT2D eigenvalue weighted by atomic mass is 16.5. The second kappa shape index (κ2) is 17.3. The van der Waals surface area contributed by atoms with Crippen LogP contribution in [-0.2, 0) is 28.7 Å². The minimum atomic E-state index is -0.651. The third-order valence-corrected chi connectivity index (χ3v) is 7.11. The zero-order chi connectivity index (χ0) is 27.1. The first-order valence-electron chi connectivity index (χ1n) is 13.3. The molecule has 0 bridgehead atoms. The van der Waals surface area contributed by atoms with E-state index in [1.807, 2.05) is 27.7 Å². The first-order valence-corrected chi connectivity index (χ1v) is 13.3. The number of ether oxygens (including phenoxy) is 2. The van der Waals surface area contributed by atoms with E-state index in [0.29, 0.717) is 24.9 Å². The molecule has 1 aliphatic rings. The zero-order valence-corrected chi connectivity index (χ0v) is 23.0. The van der Waals surface area contributed by atoms with Crippen molar-refractivity contribution in [3.63, 3.8) is 0 Å². The van der Waals surface area contributed by atoms with Gasteiger partial charge in [0.1, 0.15) is 6.04 Å². The lowest BCUT2D eigenvalue weighted by molar-refractivity contribution is -0.145. The topological polar surface area (TPSA) is 135 Å². The van der Waals surface area contributed by atoms with Gasteiger partial charge in [0.25, 0.3) is 0 Å². The molecule has 0 saturated heterocycles. The monoisotopic (exact) mass is 512 g/mol. The Balaban J connectivity index is 2.42. The van der Waals surface area contributed by atoms with Crippen LogP contribution in [0.2, 0.25) is 0 Å². The standard InChI is InChI=1S/C26H48N4O6/c1-7-17(3)29-21(14-24(32)35-5)25(33)28-16-20-11-9-19(10-12-20)15-27-23(31)13-22(26(34)36-6)30-18(4)8-2/h17-22,29-30H,7-16H2,1-6H3,(H,27,31)(H,28,33). The van der Waals surface area contributed by atoms with E-state index >= 15 is 0 Å². The fourth-order valence-electron chi connectivity index (χ4n) is 4.28. The Labute approximate surface area is 216 Å². The Morgan fingerprint density at radius 2 is 1.25 bits per heavy atom. The summed E-state index contributed by atoms with van der Waals surface area (Å²) >= 11 is 0. The van der Waals surface area contributed by atoms with Crippen LogP contribution in [0.5, 0.6) is 0 Å². The Kier molecular flexibility index (Phi) is 15.3.